The van der Waals surface area contributed by atoms with Crippen LogP contribution in [0.3, 0.4) is 0 Å². The maximum atomic E-state index is 13.0. The molecule has 19 heavy (non-hydrogen) atoms. The normalized spacial score (nSPS) is 17.7. The molecule has 1 atom stereocenters. The Morgan fingerprint density at radius 3 is 2.89 bits per heavy atom. The molecule has 0 aromatic heterocycles. The highest BCUT2D eigenvalue weighted by molar-refractivity contribution is 5.57. The lowest BCUT2D eigenvalue weighted by molar-refractivity contribution is 0.0368. The van der Waals surface area contributed by atoms with Gasteiger partial charge in [-0.15, -0.1) is 0 Å². The fourth-order valence-electron chi connectivity index (χ4n) is 2.22. The van der Waals surface area contributed by atoms with Crippen molar-refractivity contribution >= 4 is 5.69 Å². The lowest BCUT2D eigenvalue weighted by atomic mass is 10.1. The Morgan fingerprint density at radius 1 is 1.47 bits per heavy atom. The summed E-state index contributed by atoms with van der Waals surface area (Å²) in [6.45, 7) is 6.34. The van der Waals surface area contributed by atoms with Crippen LogP contribution in [-0.2, 0) is 4.74 Å². The average Bonchev–Trinajstić information content (AvgIpc) is 2.42. The number of hydrogen-bond acceptors (Lipinski definition) is 4. The minimum Gasteiger partial charge on any atom is -0.380 e. The van der Waals surface area contributed by atoms with Gasteiger partial charge in [0, 0.05) is 25.7 Å². The van der Waals surface area contributed by atoms with Gasteiger partial charge in [-0.2, -0.15) is 5.26 Å². The predicted octanol–water partition coefficient (Wildman–Crippen LogP) is 1.83. The standard InChI is InChI=1S/C14H18FN3O/c1-11(10-18-4-6-19-7-5-18)17-14-3-2-13(15)8-12(14)9-16/h2-3,8,11,17H,4-7,10H2,1H3. The number of hydrogen-bond donors (Lipinski definition) is 1. The van der Waals surface area contributed by atoms with Crippen LogP contribution >= 0.6 is 0 Å². The van der Waals surface area contributed by atoms with E-state index in [-0.39, 0.29) is 11.9 Å². The number of nitrogens with zero attached hydrogens (tertiary/aromatic N) is 2. The number of anilines is 1. The van der Waals surface area contributed by atoms with Crippen molar-refractivity contribution in [2.45, 2.75) is 13.0 Å². The van der Waals surface area contributed by atoms with Crippen molar-refractivity contribution in [2.75, 3.05) is 38.2 Å². The highest BCUT2D eigenvalue weighted by Gasteiger charge is 2.14. The fraction of sp³-hybridized carbons (Fsp3) is 0.500. The second kappa shape index (κ2) is 6.50. The Balaban J connectivity index is 1.94. The zero-order valence-electron chi connectivity index (χ0n) is 11.0. The molecule has 4 nitrogen and oxygen atoms in total. The summed E-state index contributed by atoms with van der Waals surface area (Å²) in [5, 5.41) is 12.3. The monoisotopic (exact) mass is 263 g/mol. The lowest BCUT2D eigenvalue weighted by Crippen LogP contribution is -2.42. The molecule has 1 aliphatic rings. The van der Waals surface area contributed by atoms with Crippen molar-refractivity contribution in [3.8, 4) is 6.07 Å². The van der Waals surface area contributed by atoms with Crippen LogP contribution < -0.4 is 5.32 Å². The number of ether oxygens (including phenoxy) is 1. The molecule has 2 rings (SSSR count). The molecule has 1 saturated heterocycles. The van der Waals surface area contributed by atoms with Gasteiger partial charge in [0.2, 0.25) is 0 Å². The molecule has 1 N–H and O–H groups in total. The minimum absolute atomic E-state index is 0.190. The molecule has 0 radical (unpaired) electrons. The van der Waals surface area contributed by atoms with E-state index in [1.54, 1.807) is 6.07 Å². The number of nitriles is 1. The summed E-state index contributed by atoms with van der Waals surface area (Å²) in [6.07, 6.45) is 0. The summed E-state index contributed by atoms with van der Waals surface area (Å²) in [5.74, 6) is -0.386. The summed E-state index contributed by atoms with van der Waals surface area (Å²) in [6, 6.07) is 6.43. The third-order valence-electron chi connectivity index (χ3n) is 3.14. The van der Waals surface area contributed by atoms with Gasteiger partial charge in [0.05, 0.1) is 24.5 Å². The summed E-state index contributed by atoms with van der Waals surface area (Å²) < 4.78 is 18.3. The second-order valence-corrected chi connectivity index (χ2v) is 4.76. The minimum atomic E-state index is -0.386. The number of halogens is 1. The van der Waals surface area contributed by atoms with Crippen LogP contribution in [0.2, 0.25) is 0 Å². The quantitative estimate of drug-likeness (QED) is 0.900. The first-order chi connectivity index (χ1) is 9.19. The molecule has 1 aromatic rings. The summed E-state index contributed by atoms with van der Waals surface area (Å²) >= 11 is 0. The highest BCUT2D eigenvalue weighted by Crippen LogP contribution is 2.17. The summed E-state index contributed by atoms with van der Waals surface area (Å²) in [7, 11) is 0. The van der Waals surface area contributed by atoms with E-state index in [0.29, 0.717) is 11.3 Å². The molecule has 0 spiro atoms. The Hall–Kier alpha value is -1.64. The average molecular weight is 263 g/mol. The van der Waals surface area contributed by atoms with Gasteiger partial charge in [0.25, 0.3) is 0 Å². The molecular weight excluding hydrogens is 245 g/mol. The zero-order chi connectivity index (χ0) is 13.7. The molecule has 1 unspecified atom stereocenters. The van der Waals surface area contributed by atoms with Gasteiger partial charge >= 0.3 is 0 Å². The molecule has 1 fully saturated rings. The van der Waals surface area contributed by atoms with Gasteiger partial charge < -0.3 is 10.1 Å². The van der Waals surface area contributed by atoms with E-state index < -0.39 is 0 Å². The van der Waals surface area contributed by atoms with Gasteiger partial charge in [-0.1, -0.05) is 0 Å². The Labute approximate surface area is 112 Å². The molecule has 0 bridgehead atoms. The van der Waals surface area contributed by atoms with Gasteiger partial charge in [0.1, 0.15) is 11.9 Å². The second-order valence-electron chi connectivity index (χ2n) is 4.76. The van der Waals surface area contributed by atoms with E-state index >= 15 is 0 Å². The van der Waals surface area contributed by atoms with Crippen LogP contribution in [0, 0.1) is 17.1 Å². The fourth-order valence-corrected chi connectivity index (χ4v) is 2.22. The Kier molecular flexibility index (Phi) is 4.72. The maximum absolute atomic E-state index is 13.0. The lowest BCUT2D eigenvalue weighted by Gasteiger charge is -2.29. The third kappa shape index (κ3) is 3.91. The molecule has 1 heterocycles. The van der Waals surface area contributed by atoms with Gasteiger partial charge in [0.15, 0.2) is 0 Å². The van der Waals surface area contributed by atoms with E-state index in [4.69, 9.17) is 10.00 Å². The highest BCUT2D eigenvalue weighted by atomic mass is 19.1. The molecule has 102 valence electrons. The first-order valence-corrected chi connectivity index (χ1v) is 6.45. The van der Waals surface area contributed by atoms with Crippen molar-refractivity contribution in [3.05, 3.63) is 29.6 Å². The van der Waals surface area contributed by atoms with Crippen LogP contribution in [0.5, 0.6) is 0 Å². The molecule has 5 heteroatoms. The van der Waals surface area contributed by atoms with Crippen molar-refractivity contribution in [2.24, 2.45) is 0 Å². The van der Waals surface area contributed by atoms with Crippen LogP contribution in [-0.4, -0.2) is 43.8 Å². The first-order valence-electron chi connectivity index (χ1n) is 6.45. The number of nitrogens with one attached hydrogen (secondary N) is 1. The van der Waals surface area contributed by atoms with Gasteiger partial charge in [-0.25, -0.2) is 4.39 Å². The molecular formula is C14H18FN3O. The van der Waals surface area contributed by atoms with Crippen LogP contribution in [0.15, 0.2) is 18.2 Å². The Bertz CT molecular complexity index is 466. The van der Waals surface area contributed by atoms with Crippen molar-refractivity contribution < 1.29 is 9.13 Å². The Morgan fingerprint density at radius 2 is 2.21 bits per heavy atom. The predicted molar refractivity (Wildman–Crippen MR) is 71.5 cm³/mol. The third-order valence-corrected chi connectivity index (χ3v) is 3.14. The maximum Gasteiger partial charge on any atom is 0.124 e. The zero-order valence-corrected chi connectivity index (χ0v) is 11.0. The molecule has 0 amide bonds. The number of rotatable bonds is 4. The molecule has 1 aromatic carbocycles. The molecule has 1 aliphatic heterocycles. The molecule has 0 aliphatic carbocycles. The van der Waals surface area contributed by atoms with Crippen molar-refractivity contribution in [3.63, 3.8) is 0 Å². The van der Waals surface area contributed by atoms with Gasteiger partial charge in [-0.05, 0) is 25.1 Å². The summed E-state index contributed by atoms with van der Waals surface area (Å²) in [5.41, 5.74) is 1.03. The van der Waals surface area contributed by atoms with Gasteiger partial charge in [-0.3, -0.25) is 4.90 Å². The largest absolute Gasteiger partial charge is 0.380 e. The number of benzene rings is 1. The van der Waals surface area contributed by atoms with Crippen molar-refractivity contribution in [1.82, 2.24) is 4.90 Å². The van der Waals surface area contributed by atoms with Crippen LogP contribution in [0.1, 0.15) is 12.5 Å². The van der Waals surface area contributed by atoms with E-state index in [1.807, 2.05) is 6.07 Å². The summed E-state index contributed by atoms with van der Waals surface area (Å²) in [4.78, 5) is 2.32. The van der Waals surface area contributed by atoms with Crippen LogP contribution in [0.25, 0.3) is 0 Å². The first kappa shape index (κ1) is 13.8. The molecule has 0 saturated carbocycles. The van der Waals surface area contributed by atoms with E-state index in [1.165, 1.54) is 12.1 Å². The smallest absolute Gasteiger partial charge is 0.124 e. The van der Waals surface area contributed by atoms with E-state index in [2.05, 4.69) is 17.1 Å². The van der Waals surface area contributed by atoms with Crippen molar-refractivity contribution in [1.29, 1.82) is 5.26 Å². The SMILES string of the molecule is CC(CN1CCOCC1)Nc1ccc(F)cc1C#N. The van der Waals surface area contributed by atoms with E-state index in [9.17, 15) is 4.39 Å². The van der Waals surface area contributed by atoms with Crippen LogP contribution in [0.4, 0.5) is 10.1 Å². The van der Waals surface area contributed by atoms with E-state index in [0.717, 1.165) is 32.8 Å². The topological polar surface area (TPSA) is 48.3 Å². The number of morpholine rings is 1.